The molecule has 10 rings (SSSR count). The highest BCUT2D eigenvalue weighted by Gasteiger charge is 2.39. The van der Waals surface area contributed by atoms with E-state index in [4.69, 9.17) is 14.4 Å². The van der Waals surface area contributed by atoms with Crippen LogP contribution in [0.1, 0.15) is 64.9 Å². The first-order chi connectivity index (χ1) is 29.3. The van der Waals surface area contributed by atoms with E-state index in [-0.39, 0.29) is 42.4 Å². The monoisotopic (exact) mass is 816 g/mol. The lowest BCUT2D eigenvalue weighted by molar-refractivity contribution is -0.136. The molecule has 0 aliphatic carbocycles. The van der Waals surface area contributed by atoms with E-state index in [0.29, 0.717) is 71.9 Å². The molecule has 1 unspecified atom stereocenters. The minimum atomic E-state index is -0.612. The summed E-state index contributed by atoms with van der Waals surface area (Å²) >= 11 is 0. The number of carbonyl (C=O) groups excluding carboxylic acids is 4. The van der Waals surface area contributed by atoms with Gasteiger partial charge in [-0.2, -0.15) is 10.1 Å². The third-order valence-corrected chi connectivity index (χ3v) is 12.9. The summed E-state index contributed by atoms with van der Waals surface area (Å²) in [4.78, 5) is 75.8. The molecule has 60 heavy (non-hydrogen) atoms. The fourth-order valence-electron chi connectivity index (χ4n) is 9.36. The number of aliphatic hydroxyl groups is 1. The van der Waals surface area contributed by atoms with Crippen molar-refractivity contribution in [1.29, 1.82) is 0 Å². The molecule has 18 heteroatoms. The summed E-state index contributed by atoms with van der Waals surface area (Å²) in [6, 6.07) is 11.2. The van der Waals surface area contributed by atoms with E-state index in [1.807, 2.05) is 12.1 Å². The standard InChI is InChI=1S/C42H48N12O6/c55-25-27-9-14-51(15-10-27)38-32(44-39(57)31-3-5-35-43-11-16-54(35)48-31)22-34-37(46-38)47-42(60-34)52-19-17-49(18-20-52)23-26-7-12-50(13-8-26)29-2-1-28-24-53(41(59)30(28)21-29)33-4-6-36(56)45-40(33)58/h1-3,5,11,16,21-22,26-27,33,55H,4,6-10,12-15,17-20,23-25H2,(H,44,57)(H,45,56,58). The van der Waals surface area contributed by atoms with Crippen molar-refractivity contribution in [2.24, 2.45) is 11.8 Å². The summed E-state index contributed by atoms with van der Waals surface area (Å²) in [7, 11) is 0. The molecule has 4 amide bonds. The second-order valence-corrected chi connectivity index (χ2v) is 16.7. The number of pyridine rings is 1. The fourth-order valence-corrected chi connectivity index (χ4v) is 9.36. The van der Waals surface area contributed by atoms with Gasteiger partial charge in [-0.3, -0.25) is 29.4 Å². The van der Waals surface area contributed by atoms with Gasteiger partial charge < -0.3 is 34.4 Å². The van der Waals surface area contributed by atoms with Gasteiger partial charge in [-0.15, -0.1) is 0 Å². The Hall–Kier alpha value is -6.14. The molecule has 9 heterocycles. The Labute approximate surface area is 345 Å². The van der Waals surface area contributed by atoms with Crippen molar-refractivity contribution in [3.63, 3.8) is 0 Å². The predicted molar refractivity (Wildman–Crippen MR) is 221 cm³/mol. The number of hydrogen-bond acceptors (Lipinski definition) is 14. The maximum atomic E-state index is 13.5. The number of benzene rings is 1. The summed E-state index contributed by atoms with van der Waals surface area (Å²) in [5.41, 5.74) is 4.97. The molecule has 312 valence electrons. The van der Waals surface area contributed by atoms with Gasteiger partial charge in [0.25, 0.3) is 17.8 Å². The predicted octanol–water partition coefficient (Wildman–Crippen LogP) is 2.53. The zero-order valence-electron chi connectivity index (χ0n) is 33.3. The van der Waals surface area contributed by atoms with Crippen molar-refractivity contribution in [3.05, 3.63) is 65.6 Å². The molecule has 0 bridgehead atoms. The maximum Gasteiger partial charge on any atom is 0.300 e. The molecule has 0 radical (unpaired) electrons. The van der Waals surface area contributed by atoms with Crippen LogP contribution in [0, 0.1) is 11.8 Å². The number of imidazole rings is 1. The molecule has 3 N–H and O–H groups in total. The third-order valence-electron chi connectivity index (χ3n) is 12.9. The van der Waals surface area contributed by atoms with Crippen LogP contribution >= 0.6 is 0 Å². The van der Waals surface area contributed by atoms with Crippen molar-refractivity contribution < 1.29 is 28.7 Å². The Morgan fingerprint density at radius 3 is 2.43 bits per heavy atom. The number of piperazine rings is 1. The van der Waals surface area contributed by atoms with Crippen molar-refractivity contribution in [2.75, 3.05) is 85.5 Å². The lowest BCUT2D eigenvalue weighted by atomic mass is 9.95. The first kappa shape index (κ1) is 38.1. The number of hydrogen-bond donors (Lipinski definition) is 3. The van der Waals surface area contributed by atoms with Gasteiger partial charge in [0.15, 0.2) is 17.0 Å². The zero-order valence-corrected chi connectivity index (χ0v) is 33.3. The lowest BCUT2D eigenvalue weighted by Crippen LogP contribution is -2.52. The number of nitrogens with zero attached hydrogens (tertiary/aromatic N) is 10. The molecule has 1 atom stereocenters. The summed E-state index contributed by atoms with van der Waals surface area (Å²) in [5.74, 6) is 0.228. The number of aliphatic hydroxyl groups excluding tert-OH is 1. The van der Waals surface area contributed by atoms with Crippen molar-refractivity contribution >= 4 is 63.7 Å². The van der Waals surface area contributed by atoms with Gasteiger partial charge in [0.05, 0.1) is 5.69 Å². The van der Waals surface area contributed by atoms with Gasteiger partial charge in [-0.1, -0.05) is 6.07 Å². The van der Waals surface area contributed by atoms with E-state index in [0.717, 1.165) is 82.7 Å². The van der Waals surface area contributed by atoms with E-state index < -0.39 is 11.9 Å². The number of amides is 4. The quantitative estimate of drug-likeness (QED) is 0.184. The number of piperidine rings is 3. The summed E-state index contributed by atoms with van der Waals surface area (Å²) in [6.07, 6.45) is 7.68. The van der Waals surface area contributed by atoms with Crippen LogP contribution in [-0.4, -0.2) is 135 Å². The topological polar surface area (TPSA) is 198 Å². The van der Waals surface area contributed by atoms with Crippen LogP contribution in [0.15, 0.2) is 53.2 Å². The fraction of sp³-hybridized carbons (Fsp3) is 0.476. The first-order valence-corrected chi connectivity index (χ1v) is 21.1. The van der Waals surface area contributed by atoms with Gasteiger partial charge >= 0.3 is 0 Å². The Balaban J connectivity index is 0.757. The Morgan fingerprint density at radius 2 is 1.65 bits per heavy atom. The average Bonchev–Trinajstić information content (AvgIpc) is 4.00. The molecule has 4 saturated heterocycles. The lowest BCUT2D eigenvalue weighted by Gasteiger charge is -2.39. The van der Waals surface area contributed by atoms with Gasteiger partial charge in [-0.25, -0.2) is 14.5 Å². The number of rotatable bonds is 9. The van der Waals surface area contributed by atoms with Gasteiger partial charge in [0, 0.05) is 108 Å². The van der Waals surface area contributed by atoms with Crippen LogP contribution in [0.4, 0.5) is 23.2 Å². The van der Waals surface area contributed by atoms with Crippen LogP contribution in [-0.2, 0) is 16.1 Å². The zero-order chi connectivity index (χ0) is 40.9. The highest BCUT2D eigenvalue weighted by molar-refractivity contribution is 6.06. The van der Waals surface area contributed by atoms with Crippen LogP contribution in [0.2, 0.25) is 0 Å². The normalized spacial score (nSPS) is 21.0. The minimum Gasteiger partial charge on any atom is -0.422 e. The number of fused-ring (bicyclic) bond motifs is 3. The number of nitrogens with one attached hydrogen (secondary N) is 2. The minimum absolute atomic E-state index is 0.142. The van der Waals surface area contributed by atoms with E-state index in [9.17, 15) is 24.3 Å². The average molecular weight is 817 g/mol. The van der Waals surface area contributed by atoms with Crippen molar-refractivity contribution in [2.45, 2.75) is 51.1 Å². The van der Waals surface area contributed by atoms with Crippen LogP contribution in [0.3, 0.4) is 0 Å². The van der Waals surface area contributed by atoms with E-state index in [2.05, 4.69) is 46.4 Å². The molecular weight excluding hydrogens is 769 g/mol. The molecule has 5 aliphatic rings. The molecule has 0 saturated carbocycles. The second kappa shape index (κ2) is 15.8. The smallest absolute Gasteiger partial charge is 0.300 e. The largest absolute Gasteiger partial charge is 0.422 e. The Kier molecular flexibility index (Phi) is 10.0. The van der Waals surface area contributed by atoms with Gasteiger partial charge in [-0.05, 0) is 73.8 Å². The van der Waals surface area contributed by atoms with Gasteiger partial charge in [0.1, 0.15) is 11.7 Å². The van der Waals surface area contributed by atoms with Crippen molar-refractivity contribution in [1.82, 2.24) is 39.7 Å². The summed E-state index contributed by atoms with van der Waals surface area (Å²) < 4.78 is 7.88. The third kappa shape index (κ3) is 7.38. The number of oxazole rings is 1. The molecular formula is C42H48N12O6. The first-order valence-electron chi connectivity index (χ1n) is 21.1. The second-order valence-electron chi connectivity index (χ2n) is 16.7. The SMILES string of the molecule is O=C1CCC(N2Cc3ccc(N4CCC(CN5CCN(c6nc7nc(N8CCC(CO)CC8)c(NC(=O)c8ccc9nccn9n8)cc7o6)CC5)CC4)cc3C2=O)C(=O)N1. The van der Waals surface area contributed by atoms with Crippen molar-refractivity contribution in [3.8, 4) is 0 Å². The number of anilines is 4. The number of imide groups is 1. The van der Waals surface area contributed by atoms with E-state index >= 15 is 0 Å². The molecule has 1 aromatic carbocycles. The molecule has 5 aromatic rings. The molecule has 5 aliphatic heterocycles. The summed E-state index contributed by atoms with van der Waals surface area (Å²) in [6.45, 7) is 8.04. The number of carbonyl (C=O) groups is 4. The highest BCUT2D eigenvalue weighted by Crippen LogP contribution is 2.35. The Bertz CT molecular complexity index is 2460. The molecule has 18 nitrogen and oxygen atoms in total. The van der Waals surface area contributed by atoms with Crippen LogP contribution in [0.5, 0.6) is 0 Å². The van der Waals surface area contributed by atoms with Crippen LogP contribution < -0.4 is 25.3 Å². The molecule has 0 spiro atoms. The summed E-state index contributed by atoms with van der Waals surface area (Å²) in [5, 5.41) is 19.6. The van der Waals surface area contributed by atoms with Crippen LogP contribution in [0.25, 0.3) is 16.9 Å². The molecule has 4 aromatic heterocycles. The van der Waals surface area contributed by atoms with E-state index in [1.54, 1.807) is 40.0 Å². The molecule has 4 fully saturated rings. The number of aromatic nitrogens is 5. The maximum absolute atomic E-state index is 13.5. The highest BCUT2D eigenvalue weighted by atomic mass is 16.4. The van der Waals surface area contributed by atoms with E-state index in [1.165, 1.54) is 0 Å². The van der Waals surface area contributed by atoms with Gasteiger partial charge in [0.2, 0.25) is 17.5 Å². The Morgan fingerprint density at radius 1 is 0.867 bits per heavy atom.